The van der Waals surface area contributed by atoms with Crippen molar-refractivity contribution in [3.05, 3.63) is 0 Å². The third-order valence-electron chi connectivity index (χ3n) is 16.0. The van der Waals surface area contributed by atoms with E-state index < -0.39 is 279 Å². The lowest BCUT2D eigenvalue weighted by Crippen LogP contribution is -2.70. The lowest BCUT2D eigenvalue weighted by Gasteiger charge is -2.50. The van der Waals surface area contributed by atoms with Crippen LogP contribution in [0.1, 0.15) is 27.7 Å². The van der Waals surface area contributed by atoms with Crippen molar-refractivity contribution in [3.63, 3.8) is 0 Å². The Morgan fingerprint density at radius 2 is 0.621 bits per heavy atom. The second kappa shape index (κ2) is 31.2. The smallest absolute Gasteiger partial charge is 0.217 e. The molecule has 22 N–H and O–H groups in total. The molecular formula is C49H83N3O35. The van der Waals surface area contributed by atoms with E-state index in [1.54, 1.807) is 0 Å². The molecule has 7 aliphatic rings. The Morgan fingerprint density at radius 3 is 1.03 bits per heavy atom. The normalized spacial score (nSPS) is 48.9. The van der Waals surface area contributed by atoms with Gasteiger partial charge in [0.2, 0.25) is 17.7 Å². The molecule has 0 aromatic carbocycles. The summed E-state index contributed by atoms with van der Waals surface area (Å²) in [4.78, 5) is 37.5. The van der Waals surface area contributed by atoms with E-state index in [0.717, 1.165) is 20.8 Å². The number of aliphatic hydroxyl groups is 19. The quantitative estimate of drug-likeness (QED) is 0.0479. The molecule has 0 saturated carbocycles. The zero-order valence-corrected chi connectivity index (χ0v) is 47.2. The minimum atomic E-state index is -2.32. The predicted molar refractivity (Wildman–Crippen MR) is 270 cm³/mol. The zero-order valence-electron chi connectivity index (χ0n) is 47.2. The minimum Gasteiger partial charge on any atom is -0.394 e. The predicted octanol–water partition coefficient (Wildman–Crippen LogP) is -14.8. The van der Waals surface area contributed by atoms with Crippen molar-refractivity contribution in [3.8, 4) is 0 Å². The van der Waals surface area contributed by atoms with Crippen LogP contribution >= 0.6 is 0 Å². The van der Waals surface area contributed by atoms with Crippen LogP contribution in [0.15, 0.2) is 0 Å². The fourth-order valence-electron chi connectivity index (χ4n) is 11.3. The molecular weight excluding hydrogens is 1190 g/mol. The molecule has 7 saturated heterocycles. The molecule has 0 radical (unpaired) electrons. The summed E-state index contributed by atoms with van der Waals surface area (Å²) in [5.74, 6) is -2.27. The summed E-state index contributed by atoms with van der Waals surface area (Å²) in [6.07, 6.45) is -60.6. The fraction of sp³-hybridized carbons (Fsp3) is 0.939. The van der Waals surface area contributed by atoms with Crippen LogP contribution in [0.4, 0.5) is 0 Å². The van der Waals surface area contributed by atoms with Crippen LogP contribution in [0.25, 0.3) is 0 Å². The first-order chi connectivity index (χ1) is 41.1. The summed E-state index contributed by atoms with van der Waals surface area (Å²) in [7, 11) is 0. The number of carbonyl (C=O) groups is 3. The molecule has 0 spiro atoms. The summed E-state index contributed by atoms with van der Waals surface area (Å²) in [6, 6.07) is -4.66. The molecule has 0 aromatic heterocycles. The maximum atomic E-state index is 12.7. The number of aliphatic hydroxyl groups excluding tert-OH is 19. The molecule has 0 aliphatic carbocycles. The summed E-state index contributed by atoms with van der Waals surface area (Å²) in [5.41, 5.74) is 0. The van der Waals surface area contributed by atoms with Gasteiger partial charge in [-0.1, -0.05) is 0 Å². The average molecular weight is 1270 g/mol. The van der Waals surface area contributed by atoms with Gasteiger partial charge in [-0.2, -0.15) is 0 Å². The lowest BCUT2D eigenvalue weighted by molar-refractivity contribution is -0.388. The molecule has 7 heterocycles. The fourth-order valence-corrected chi connectivity index (χ4v) is 11.3. The van der Waals surface area contributed by atoms with Crippen molar-refractivity contribution >= 4 is 17.7 Å². The summed E-state index contributed by atoms with van der Waals surface area (Å²) < 4.78 is 76.2. The largest absolute Gasteiger partial charge is 0.394 e. The second-order valence-corrected chi connectivity index (χ2v) is 22.1. The van der Waals surface area contributed by atoms with Gasteiger partial charge in [-0.15, -0.1) is 0 Å². The number of carbonyl (C=O) groups excluding carboxylic acids is 3. The highest BCUT2D eigenvalue weighted by Crippen LogP contribution is 2.37. The molecule has 35 atom stereocenters. The monoisotopic (exact) mass is 1270 g/mol. The van der Waals surface area contributed by atoms with Gasteiger partial charge in [0.15, 0.2) is 37.7 Å². The molecule has 16 unspecified atom stereocenters. The van der Waals surface area contributed by atoms with Gasteiger partial charge in [0, 0.05) is 20.8 Å². The van der Waals surface area contributed by atoms with E-state index in [-0.39, 0.29) is 0 Å². The highest BCUT2D eigenvalue weighted by molar-refractivity contribution is 5.74. The number of hydrogen-bond acceptors (Lipinski definition) is 35. The van der Waals surface area contributed by atoms with Gasteiger partial charge in [0.1, 0.15) is 165 Å². The van der Waals surface area contributed by atoms with Gasteiger partial charge in [-0.3, -0.25) is 14.4 Å². The van der Waals surface area contributed by atoms with Crippen LogP contribution in [-0.4, -0.2) is 376 Å². The number of nitrogens with one attached hydrogen (secondary N) is 3. The summed E-state index contributed by atoms with van der Waals surface area (Å²) in [6.45, 7) is -2.10. The van der Waals surface area contributed by atoms with Gasteiger partial charge in [0.05, 0.1) is 58.4 Å². The first kappa shape index (κ1) is 71.6. The SMILES string of the molecule is CC(=O)NC1C(O)[C@H](O[C@@H]2OC(CO)[C@H](O)[C@H](O)C2O)C(CO)O[C@H]1OC1[C@@H](OCC2O[C@@H](O[C@@H]3C(CO)O[C@@H](O[C@@H]4C(CO)O[C@@H](C)C(NC(C)=O)[C@H]4O)C(NC(C)=O)[C@H]3O)C(O)[C@@H](OC3O[C@H](CO)[C@@H](O)C(O)C3O)[C@@H]2O)OC(CO)[C@@H](O)[C@@H]1O. The van der Waals surface area contributed by atoms with Gasteiger partial charge < -0.3 is 175 Å². The standard InChI is InChI=1S/C49H83N3O35/c1-12-23(50-13(2)59)30(66)39(19(8-56)76-12)83-44-24(51-14(3)60)31(67)41(21(10-58)80-44)85-48-38(74)42(86-47-37(73)34(70)27(63)17(6-54)78-47)29(65)22(82-48)11-75-49-43(35(71)28(64)18(7-55)79-49)87-45-25(52-15(4)61)32(68)40(20(9-57)81-45)84-46-36(72)33(69)26(62)16(5-53)77-46/h12,16-49,53-58,62-74H,5-11H2,1-4H3,(H,50,59)(H,51,60)(H,52,61)/t12-,16?,17+,18?,19?,20?,21?,22?,23?,24?,25?,26-,27+,28+,29+,30+,31+,32?,33-,34?,35-,36?,37?,38?,39+,40+,41+,42-,43?,44-,45-,46-,47?,48-,49-/m0/s1. The maximum absolute atomic E-state index is 12.7. The Morgan fingerprint density at radius 1 is 0.310 bits per heavy atom. The second-order valence-electron chi connectivity index (χ2n) is 22.1. The lowest BCUT2D eigenvalue weighted by atomic mass is 9.92. The van der Waals surface area contributed by atoms with E-state index in [4.69, 9.17) is 61.6 Å². The topological polar surface area (TPSA) is 592 Å². The van der Waals surface area contributed by atoms with Crippen molar-refractivity contribution in [2.75, 3.05) is 46.2 Å². The maximum Gasteiger partial charge on any atom is 0.217 e. The Bertz CT molecular complexity index is 2180. The molecule has 7 fully saturated rings. The third-order valence-corrected chi connectivity index (χ3v) is 16.0. The summed E-state index contributed by atoms with van der Waals surface area (Å²) >= 11 is 0. The van der Waals surface area contributed by atoms with E-state index in [1.165, 1.54) is 6.92 Å². The molecule has 0 bridgehead atoms. The number of ether oxygens (including phenoxy) is 13. The molecule has 3 amide bonds. The zero-order chi connectivity index (χ0) is 64.2. The Labute approximate surface area is 494 Å². The first-order valence-electron chi connectivity index (χ1n) is 27.9. The van der Waals surface area contributed by atoms with Crippen molar-refractivity contribution in [1.82, 2.24) is 16.0 Å². The molecule has 7 aliphatic heterocycles. The molecule has 504 valence electrons. The van der Waals surface area contributed by atoms with E-state index in [9.17, 15) is 111 Å². The van der Waals surface area contributed by atoms with E-state index in [2.05, 4.69) is 16.0 Å². The van der Waals surface area contributed by atoms with E-state index >= 15 is 0 Å². The Kier molecular flexibility index (Phi) is 25.6. The average Bonchev–Trinajstić information content (AvgIpc) is 3.58. The minimum absolute atomic E-state index is 0.578. The molecule has 87 heavy (non-hydrogen) atoms. The van der Waals surface area contributed by atoms with Gasteiger partial charge >= 0.3 is 0 Å². The van der Waals surface area contributed by atoms with Crippen LogP contribution in [0, 0.1) is 0 Å². The van der Waals surface area contributed by atoms with Crippen LogP contribution < -0.4 is 16.0 Å². The molecule has 0 aromatic rings. The van der Waals surface area contributed by atoms with Gasteiger partial charge in [0.25, 0.3) is 0 Å². The molecule has 7 rings (SSSR count). The Balaban J connectivity index is 1.17. The highest BCUT2D eigenvalue weighted by atomic mass is 16.8. The van der Waals surface area contributed by atoms with Crippen LogP contribution in [0.2, 0.25) is 0 Å². The number of amides is 3. The molecule has 38 nitrogen and oxygen atoms in total. The highest BCUT2D eigenvalue weighted by Gasteiger charge is 2.58. The number of rotatable bonds is 22. The summed E-state index contributed by atoms with van der Waals surface area (Å²) in [5, 5.41) is 214. The van der Waals surface area contributed by atoms with Crippen molar-refractivity contribution < 1.29 is 173 Å². The third kappa shape index (κ3) is 15.8. The van der Waals surface area contributed by atoms with Gasteiger partial charge in [-0.25, -0.2) is 0 Å². The van der Waals surface area contributed by atoms with Crippen molar-refractivity contribution in [1.29, 1.82) is 0 Å². The van der Waals surface area contributed by atoms with Gasteiger partial charge in [-0.05, 0) is 6.92 Å². The molecule has 38 heteroatoms. The number of hydrogen-bond donors (Lipinski definition) is 22. The van der Waals surface area contributed by atoms with Crippen LogP contribution in [-0.2, 0) is 76.0 Å². The van der Waals surface area contributed by atoms with Crippen molar-refractivity contribution in [2.45, 2.75) is 242 Å². The van der Waals surface area contributed by atoms with Crippen molar-refractivity contribution in [2.24, 2.45) is 0 Å². The van der Waals surface area contributed by atoms with Crippen LogP contribution in [0.3, 0.4) is 0 Å². The van der Waals surface area contributed by atoms with Crippen LogP contribution in [0.5, 0.6) is 0 Å². The first-order valence-corrected chi connectivity index (χ1v) is 27.9. The van der Waals surface area contributed by atoms with E-state index in [1.807, 2.05) is 0 Å². The Hall–Kier alpha value is -2.87. The van der Waals surface area contributed by atoms with E-state index in [0.29, 0.717) is 0 Å².